The van der Waals surface area contributed by atoms with Gasteiger partial charge in [-0.25, -0.2) is 0 Å². The third kappa shape index (κ3) is 2.61. The van der Waals surface area contributed by atoms with Crippen LogP contribution in [0.3, 0.4) is 0 Å². The molecule has 0 saturated heterocycles. The molecule has 3 heteroatoms. The number of allylic oxidation sites excluding steroid dienone is 1. The lowest BCUT2D eigenvalue weighted by Gasteiger charge is -2.20. The van der Waals surface area contributed by atoms with Gasteiger partial charge in [-0.15, -0.1) is 0 Å². The van der Waals surface area contributed by atoms with Crippen LogP contribution in [0.25, 0.3) is 5.57 Å². The minimum Gasteiger partial charge on any atom is -0.497 e. The van der Waals surface area contributed by atoms with Gasteiger partial charge < -0.3 is 15.2 Å². The van der Waals surface area contributed by atoms with Crippen molar-refractivity contribution in [3.05, 3.63) is 29.8 Å². The first kappa shape index (κ1) is 12.0. The summed E-state index contributed by atoms with van der Waals surface area (Å²) >= 11 is 0. The predicted molar refractivity (Wildman–Crippen MR) is 69.3 cm³/mol. The van der Waals surface area contributed by atoms with Crippen molar-refractivity contribution in [1.82, 2.24) is 0 Å². The van der Waals surface area contributed by atoms with E-state index in [4.69, 9.17) is 15.2 Å². The van der Waals surface area contributed by atoms with Gasteiger partial charge in [0.25, 0.3) is 0 Å². The highest BCUT2D eigenvalue weighted by Crippen LogP contribution is 2.34. The normalized spacial score (nSPS) is 19.7. The maximum Gasteiger partial charge on any atom is 0.126 e. The van der Waals surface area contributed by atoms with E-state index in [0.717, 1.165) is 36.3 Å². The summed E-state index contributed by atoms with van der Waals surface area (Å²) in [7, 11) is 3.37. The highest BCUT2D eigenvalue weighted by Gasteiger charge is 2.15. The molecule has 1 atom stereocenters. The number of hydrogen-bond acceptors (Lipinski definition) is 3. The van der Waals surface area contributed by atoms with Gasteiger partial charge in [0.1, 0.15) is 11.5 Å². The highest BCUT2D eigenvalue weighted by atomic mass is 16.5. The summed E-state index contributed by atoms with van der Waals surface area (Å²) in [4.78, 5) is 0. The van der Waals surface area contributed by atoms with E-state index in [0.29, 0.717) is 6.04 Å². The SMILES string of the molecule is COc1ccc(OC)c(C2=CCC(N)CC2)c1. The molecule has 0 aliphatic heterocycles. The third-order valence-corrected chi connectivity index (χ3v) is 3.20. The van der Waals surface area contributed by atoms with Crippen LogP contribution in [0.5, 0.6) is 11.5 Å². The van der Waals surface area contributed by atoms with Crippen LogP contribution >= 0.6 is 0 Å². The van der Waals surface area contributed by atoms with Crippen molar-refractivity contribution in [3.63, 3.8) is 0 Å². The molecule has 0 spiro atoms. The Labute approximate surface area is 102 Å². The fourth-order valence-electron chi connectivity index (χ4n) is 2.16. The zero-order valence-corrected chi connectivity index (χ0v) is 10.4. The van der Waals surface area contributed by atoms with E-state index in [9.17, 15) is 0 Å². The van der Waals surface area contributed by atoms with Gasteiger partial charge in [0, 0.05) is 11.6 Å². The molecule has 1 aromatic carbocycles. The van der Waals surface area contributed by atoms with Crippen LogP contribution in [0.15, 0.2) is 24.3 Å². The topological polar surface area (TPSA) is 44.5 Å². The molecule has 92 valence electrons. The van der Waals surface area contributed by atoms with E-state index in [1.54, 1.807) is 14.2 Å². The molecule has 2 N–H and O–H groups in total. The molecular weight excluding hydrogens is 214 g/mol. The van der Waals surface area contributed by atoms with Crippen molar-refractivity contribution in [1.29, 1.82) is 0 Å². The molecule has 2 rings (SSSR count). The molecule has 1 aliphatic rings. The monoisotopic (exact) mass is 233 g/mol. The van der Waals surface area contributed by atoms with Crippen LogP contribution in [0.2, 0.25) is 0 Å². The Morgan fingerprint density at radius 1 is 1.24 bits per heavy atom. The van der Waals surface area contributed by atoms with E-state index in [1.165, 1.54) is 5.57 Å². The molecule has 0 saturated carbocycles. The second-order valence-electron chi connectivity index (χ2n) is 4.33. The van der Waals surface area contributed by atoms with Gasteiger partial charge in [0.05, 0.1) is 14.2 Å². The number of nitrogens with two attached hydrogens (primary N) is 1. The average Bonchev–Trinajstić information content (AvgIpc) is 2.39. The quantitative estimate of drug-likeness (QED) is 0.872. The van der Waals surface area contributed by atoms with E-state index < -0.39 is 0 Å². The van der Waals surface area contributed by atoms with Crippen molar-refractivity contribution >= 4 is 5.57 Å². The molecule has 0 fully saturated rings. The van der Waals surface area contributed by atoms with Crippen molar-refractivity contribution in [2.75, 3.05) is 14.2 Å². The van der Waals surface area contributed by atoms with Gasteiger partial charge in [-0.3, -0.25) is 0 Å². The number of rotatable bonds is 3. The van der Waals surface area contributed by atoms with Gasteiger partial charge in [-0.2, -0.15) is 0 Å². The molecule has 1 unspecified atom stereocenters. The summed E-state index contributed by atoms with van der Waals surface area (Å²) in [6.07, 6.45) is 5.19. The van der Waals surface area contributed by atoms with Crippen molar-refractivity contribution in [2.24, 2.45) is 5.73 Å². The Hall–Kier alpha value is -1.48. The van der Waals surface area contributed by atoms with E-state index in [2.05, 4.69) is 6.08 Å². The predicted octanol–water partition coefficient (Wildman–Crippen LogP) is 2.60. The van der Waals surface area contributed by atoms with Crippen molar-refractivity contribution in [3.8, 4) is 11.5 Å². The fraction of sp³-hybridized carbons (Fsp3) is 0.429. The number of ether oxygens (including phenoxy) is 2. The van der Waals surface area contributed by atoms with Crippen LogP contribution in [-0.2, 0) is 0 Å². The molecule has 1 aromatic rings. The molecular formula is C14H19NO2. The van der Waals surface area contributed by atoms with Crippen molar-refractivity contribution in [2.45, 2.75) is 25.3 Å². The van der Waals surface area contributed by atoms with E-state index in [-0.39, 0.29) is 0 Å². The molecule has 0 radical (unpaired) electrons. The van der Waals surface area contributed by atoms with Crippen LogP contribution < -0.4 is 15.2 Å². The lowest BCUT2D eigenvalue weighted by Crippen LogP contribution is -2.21. The minimum atomic E-state index is 0.301. The van der Waals surface area contributed by atoms with Crippen molar-refractivity contribution < 1.29 is 9.47 Å². The van der Waals surface area contributed by atoms with Crippen LogP contribution in [-0.4, -0.2) is 20.3 Å². The Kier molecular flexibility index (Phi) is 3.69. The molecule has 0 amide bonds. The van der Waals surface area contributed by atoms with Gasteiger partial charge in [0.2, 0.25) is 0 Å². The van der Waals surface area contributed by atoms with Gasteiger partial charge in [-0.05, 0) is 43.0 Å². The Morgan fingerprint density at radius 3 is 2.65 bits per heavy atom. The van der Waals surface area contributed by atoms with Crippen LogP contribution in [0, 0.1) is 0 Å². The zero-order chi connectivity index (χ0) is 12.3. The average molecular weight is 233 g/mol. The van der Waals surface area contributed by atoms with Gasteiger partial charge >= 0.3 is 0 Å². The third-order valence-electron chi connectivity index (χ3n) is 3.20. The smallest absolute Gasteiger partial charge is 0.126 e. The Morgan fingerprint density at radius 2 is 2.06 bits per heavy atom. The first-order valence-corrected chi connectivity index (χ1v) is 5.91. The standard InChI is InChI=1S/C14H19NO2/c1-16-12-7-8-14(17-2)13(9-12)10-3-5-11(15)6-4-10/h3,7-9,11H,4-6,15H2,1-2H3. The number of benzene rings is 1. The Bertz CT molecular complexity index is 426. The maximum atomic E-state index is 5.90. The summed E-state index contributed by atoms with van der Waals surface area (Å²) in [6, 6.07) is 6.19. The summed E-state index contributed by atoms with van der Waals surface area (Å²) in [6.45, 7) is 0. The molecule has 1 aliphatic carbocycles. The number of methoxy groups -OCH3 is 2. The van der Waals surface area contributed by atoms with E-state index >= 15 is 0 Å². The van der Waals surface area contributed by atoms with E-state index in [1.807, 2.05) is 18.2 Å². The van der Waals surface area contributed by atoms with Crippen LogP contribution in [0.4, 0.5) is 0 Å². The summed E-state index contributed by atoms with van der Waals surface area (Å²) in [5.41, 5.74) is 8.33. The Balaban J connectivity index is 2.35. The summed E-state index contributed by atoms with van der Waals surface area (Å²) in [5.74, 6) is 1.75. The molecule has 17 heavy (non-hydrogen) atoms. The maximum absolute atomic E-state index is 5.90. The second-order valence-corrected chi connectivity index (χ2v) is 4.33. The lowest BCUT2D eigenvalue weighted by molar-refractivity contribution is 0.401. The van der Waals surface area contributed by atoms with Gasteiger partial charge in [-0.1, -0.05) is 6.08 Å². The lowest BCUT2D eigenvalue weighted by atomic mass is 9.90. The minimum absolute atomic E-state index is 0.301. The molecule has 0 heterocycles. The molecule has 0 bridgehead atoms. The zero-order valence-electron chi connectivity index (χ0n) is 10.4. The number of hydrogen-bond donors (Lipinski definition) is 1. The second kappa shape index (κ2) is 5.23. The summed E-state index contributed by atoms with van der Waals surface area (Å²) in [5, 5.41) is 0. The largest absolute Gasteiger partial charge is 0.497 e. The molecule has 3 nitrogen and oxygen atoms in total. The van der Waals surface area contributed by atoms with Crippen LogP contribution in [0.1, 0.15) is 24.8 Å². The molecule has 0 aromatic heterocycles. The van der Waals surface area contributed by atoms with Gasteiger partial charge in [0.15, 0.2) is 0 Å². The first-order valence-electron chi connectivity index (χ1n) is 5.91. The fourth-order valence-corrected chi connectivity index (χ4v) is 2.16. The highest BCUT2D eigenvalue weighted by molar-refractivity contribution is 5.72. The summed E-state index contributed by atoms with van der Waals surface area (Å²) < 4.78 is 10.7. The first-order chi connectivity index (χ1) is 8.24.